The summed E-state index contributed by atoms with van der Waals surface area (Å²) >= 11 is 0. The number of rotatable bonds is 3. The van der Waals surface area contributed by atoms with Crippen molar-refractivity contribution in [2.75, 3.05) is 18.0 Å². The molecule has 0 unspecified atom stereocenters. The lowest BCUT2D eigenvalue weighted by Gasteiger charge is -2.33. The highest BCUT2D eigenvalue weighted by atomic mass is 16.1. The molecule has 1 saturated heterocycles. The molecule has 146 valence electrons. The Morgan fingerprint density at radius 3 is 2.57 bits per heavy atom. The Bertz CT molecular complexity index is 1020. The summed E-state index contributed by atoms with van der Waals surface area (Å²) in [5.74, 6) is 1.40. The molecule has 4 rings (SSSR count). The minimum atomic E-state index is -0.0636. The first kappa shape index (κ1) is 18.6. The highest BCUT2D eigenvalue weighted by Gasteiger charge is 2.23. The molecule has 1 aliphatic heterocycles. The van der Waals surface area contributed by atoms with Gasteiger partial charge in [0, 0.05) is 41.9 Å². The van der Waals surface area contributed by atoms with Crippen LogP contribution in [0.15, 0.2) is 47.4 Å². The van der Waals surface area contributed by atoms with E-state index in [4.69, 9.17) is 0 Å². The molecule has 0 spiro atoms. The van der Waals surface area contributed by atoms with Crippen LogP contribution in [-0.2, 0) is 12.0 Å². The molecule has 28 heavy (non-hydrogen) atoms. The number of fused-ring (bicyclic) bond motifs is 1. The molecule has 3 aromatic rings. The molecule has 1 aliphatic rings. The van der Waals surface area contributed by atoms with Crippen molar-refractivity contribution in [1.82, 2.24) is 20.0 Å². The number of nitrogens with zero attached hydrogens (tertiary/aromatic N) is 5. The van der Waals surface area contributed by atoms with Crippen LogP contribution in [0, 0.1) is 5.92 Å². The predicted octanol–water partition coefficient (Wildman–Crippen LogP) is 3.40. The van der Waals surface area contributed by atoms with Crippen LogP contribution < -0.4 is 10.5 Å². The van der Waals surface area contributed by atoms with Crippen molar-refractivity contribution in [3.8, 4) is 0 Å². The second-order valence-corrected chi connectivity index (χ2v) is 8.67. The molecule has 1 aromatic carbocycles. The van der Waals surface area contributed by atoms with Crippen molar-refractivity contribution in [3.05, 3.63) is 58.6 Å². The van der Waals surface area contributed by atoms with Gasteiger partial charge < -0.3 is 4.90 Å². The van der Waals surface area contributed by atoms with E-state index in [1.165, 1.54) is 0 Å². The zero-order valence-electron chi connectivity index (χ0n) is 16.8. The van der Waals surface area contributed by atoms with Gasteiger partial charge in [0.2, 0.25) is 0 Å². The summed E-state index contributed by atoms with van der Waals surface area (Å²) in [7, 11) is 0. The van der Waals surface area contributed by atoms with Crippen LogP contribution >= 0.6 is 0 Å². The predicted molar refractivity (Wildman–Crippen MR) is 112 cm³/mol. The van der Waals surface area contributed by atoms with Crippen LogP contribution in [0.1, 0.15) is 39.3 Å². The Labute approximate surface area is 165 Å². The van der Waals surface area contributed by atoms with E-state index in [-0.39, 0.29) is 11.0 Å². The van der Waals surface area contributed by atoms with Gasteiger partial charge >= 0.3 is 0 Å². The Kier molecular flexibility index (Phi) is 4.87. The highest BCUT2D eigenvalue weighted by molar-refractivity contribution is 5.91. The quantitative estimate of drug-likeness (QED) is 0.700. The zero-order valence-corrected chi connectivity index (χ0v) is 16.8. The van der Waals surface area contributed by atoms with Crippen molar-refractivity contribution in [3.63, 3.8) is 0 Å². The molecule has 0 radical (unpaired) electrons. The first-order valence-electron chi connectivity index (χ1n) is 9.96. The van der Waals surface area contributed by atoms with Crippen LogP contribution in [0.2, 0.25) is 0 Å². The molecule has 0 saturated carbocycles. The molecule has 0 amide bonds. The van der Waals surface area contributed by atoms with Gasteiger partial charge in [0.15, 0.2) is 5.82 Å². The third-order valence-electron chi connectivity index (χ3n) is 5.53. The number of benzene rings is 1. The van der Waals surface area contributed by atoms with Crippen LogP contribution in [0.25, 0.3) is 10.8 Å². The van der Waals surface area contributed by atoms with Crippen molar-refractivity contribution in [1.29, 1.82) is 0 Å². The van der Waals surface area contributed by atoms with E-state index in [1.807, 2.05) is 24.4 Å². The lowest BCUT2D eigenvalue weighted by molar-refractivity contribution is 0.329. The van der Waals surface area contributed by atoms with Gasteiger partial charge in [-0.15, -0.1) is 5.10 Å². The second-order valence-electron chi connectivity index (χ2n) is 8.67. The molecule has 0 aliphatic carbocycles. The minimum absolute atomic E-state index is 0.0182. The summed E-state index contributed by atoms with van der Waals surface area (Å²) in [4.78, 5) is 14.6. The van der Waals surface area contributed by atoms with Crippen molar-refractivity contribution in [2.24, 2.45) is 5.92 Å². The number of aromatic nitrogens is 4. The van der Waals surface area contributed by atoms with Crippen molar-refractivity contribution >= 4 is 16.6 Å². The van der Waals surface area contributed by atoms with Gasteiger partial charge in [0.25, 0.3) is 5.56 Å². The Balaban J connectivity index is 1.47. The van der Waals surface area contributed by atoms with Gasteiger partial charge in [-0.05, 0) is 24.8 Å². The van der Waals surface area contributed by atoms with Crippen molar-refractivity contribution < 1.29 is 0 Å². The Morgan fingerprint density at radius 1 is 1.07 bits per heavy atom. The van der Waals surface area contributed by atoms with E-state index in [0.29, 0.717) is 12.5 Å². The summed E-state index contributed by atoms with van der Waals surface area (Å²) in [6.07, 6.45) is 3.84. The lowest BCUT2D eigenvalue weighted by atomic mass is 9.92. The average Bonchev–Trinajstić information content (AvgIpc) is 2.69. The standard InChI is InChI=1S/C22H27N5O/c1-22(2,3)19-8-9-20(28)27(25-19)15-16-10-12-26(13-11-16)21-18-7-5-4-6-17(18)14-23-24-21/h4-9,14,16H,10-13,15H2,1-3H3. The SMILES string of the molecule is CC(C)(C)c1ccc(=O)n(CC2CCN(c3nncc4ccccc34)CC2)n1. The first-order chi connectivity index (χ1) is 13.4. The first-order valence-corrected chi connectivity index (χ1v) is 9.96. The lowest BCUT2D eigenvalue weighted by Crippen LogP contribution is -2.37. The van der Waals surface area contributed by atoms with Crippen LogP contribution in [-0.4, -0.2) is 33.1 Å². The maximum Gasteiger partial charge on any atom is 0.266 e. The molecular formula is C22H27N5O. The average molecular weight is 377 g/mol. The fourth-order valence-corrected chi connectivity index (χ4v) is 3.80. The fourth-order valence-electron chi connectivity index (χ4n) is 3.80. The summed E-state index contributed by atoms with van der Waals surface area (Å²) in [6.45, 7) is 8.87. The van der Waals surface area contributed by atoms with Gasteiger partial charge in [0.1, 0.15) is 0 Å². The number of anilines is 1. The summed E-state index contributed by atoms with van der Waals surface area (Å²) in [5, 5.41) is 15.5. The molecular weight excluding hydrogens is 350 g/mol. The summed E-state index contributed by atoms with van der Waals surface area (Å²) < 4.78 is 1.65. The summed E-state index contributed by atoms with van der Waals surface area (Å²) in [5.41, 5.74) is 0.872. The van der Waals surface area contributed by atoms with Crippen LogP contribution in [0.5, 0.6) is 0 Å². The number of hydrogen-bond acceptors (Lipinski definition) is 5. The van der Waals surface area contributed by atoms with E-state index in [9.17, 15) is 4.79 Å². The monoisotopic (exact) mass is 377 g/mol. The van der Waals surface area contributed by atoms with Gasteiger partial charge in [0.05, 0.1) is 11.9 Å². The Morgan fingerprint density at radius 2 is 1.82 bits per heavy atom. The molecule has 6 heteroatoms. The molecule has 6 nitrogen and oxygen atoms in total. The topological polar surface area (TPSA) is 63.9 Å². The highest BCUT2D eigenvalue weighted by Crippen LogP contribution is 2.28. The number of hydrogen-bond donors (Lipinski definition) is 0. The Hall–Kier alpha value is -2.76. The smallest absolute Gasteiger partial charge is 0.266 e. The van der Waals surface area contributed by atoms with Gasteiger partial charge in [-0.25, -0.2) is 4.68 Å². The largest absolute Gasteiger partial charge is 0.355 e. The van der Waals surface area contributed by atoms with Crippen LogP contribution in [0.3, 0.4) is 0 Å². The zero-order chi connectivity index (χ0) is 19.7. The van der Waals surface area contributed by atoms with E-state index >= 15 is 0 Å². The molecule has 2 aromatic heterocycles. The van der Waals surface area contributed by atoms with Gasteiger partial charge in [-0.3, -0.25) is 4.79 Å². The minimum Gasteiger partial charge on any atom is -0.355 e. The fraction of sp³-hybridized carbons (Fsp3) is 0.455. The van der Waals surface area contributed by atoms with E-state index in [0.717, 1.165) is 48.2 Å². The third-order valence-corrected chi connectivity index (χ3v) is 5.53. The van der Waals surface area contributed by atoms with E-state index < -0.39 is 0 Å². The molecule has 0 atom stereocenters. The summed E-state index contributed by atoms with van der Waals surface area (Å²) in [6, 6.07) is 11.7. The normalized spacial score (nSPS) is 15.9. The molecule has 0 bridgehead atoms. The van der Waals surface area contributed by atoms with Crippen molar-refractivity contribution in [2.45, 2.75) is 45.6 Å². The van der Waals surface area contributed by atoms with Crippen LogP contribution in [0.4, 0.5) is 5.82 Å². The third kappa shape index (κ3) is 3.77. The van der Waals surface area contributed by atoms with Gasteiger partial charge in [-0.2, -0.15) is 10.2 Å². The molecule has 1 fully saturated rings. The molecule has 0 N–H and O–H groups in total. The number of piperidine rings is 1. The maximum atomic E-state index is 12.3. The van der Waals surface area contributed by atoms with E-state index in [2.05, 4.69) is 53.1 Å². The van der Waals surface area contributed by atoms with Gasteiger partial charge in [-0.1, -0.05) is 45.0 Å². The molecule has 3 heterocycles. The second kappa shape index (κ2) is 7.34. The maximum absolute atomic E-state index is 12.3. The van der Waals surface area contributed by atoms with E-state index in [1.54, 1.807) is 10.7 Å².